The fourth-order valence-electron chi connectivity index (χ4n) is 1.22. The lowest BCUT2D eigenvalue weighted by atomic mass is 10.3. The number of benzene rings is 1. The lowest BCUT2D eigenvalue weighted by Gasteiger charge is -2.04. The molecule has 4 heteroatoms. The van der Waals surface area contributed by atoms with Gasteiger partial charge in [-0.3, -0.25) is 0 Å². The van der Waals surface area contributed by atoms with Crippen LogP contribution in [-0.2, 0) is 0 Å². The van der Waals surface area contributed by atoms with Gasteiger partial charge in [0, 0.05) is 0 Å². The lowest BCUT2D eigenvalue weighted by molar-refractivity contribution is 0.0935. The standard InChI is InChI=1S/C8H5NO3/c1-2-5-7-6(3-1)12-8(9-7)11-4-10-5/h1-3H,4H2. The molecule has 0 unspecified atom stereocenters. The summed E-state index contributed by atoms with van der Waals surface area (Å²) in [5.74, 6) is 0.708. The highest BCUT2D eigenvalue weighted by Gasteiger charge is 2.15. The van der Waals surface area contributed by atoms with Crippen LogP contribution < -0.4 is 9.47 Å². The maximum atomic E-state index is 5.24. The summed E-state index contributed by atoms with van der Waals surface area (Å²) in [5, 5.41) is 0. The largest absolute Gasteiger partial charge is 0.455 e. The predicted molar refractivity (Wildman–Crippen MR) is 40.1 cm³/mol. The number of hydrogen-bond donors (Lipinski definition) is 0. The van der Waals surface area contributed by atoms with E-state index in [0.29, 0.717) is 11.3 Å². The minimum atomic E-state index is 0.162. The van der Waals surface area contributed by atoms with Crippen LogP contribution in [0.4, 0.5) is 0 Å². The Hall–Kier alpha value is -1.71. The number of hydrogen-bond acceptors (Lipinski definition) is 4. The molecule has 0 spiro atoms. The van der Waals surface area contributed by atoms with Crippen molar-refractivity contribution in [1.29, 1.82) is 0 Å². The number of nitrogens with zero attached hydrogens (tertiary/aromatic N) is 1. The number of para-hydroxylation sites is 1. The molecule has 0 saturated carbocycles. The van der Waals surface area contributed by atoms with Gasteiger partial charge in [-0.2, -0.15) is 4.98 Å². The molecule has 1 aromatic carbocycles. The third-order valence-corrected chi connectivity index (χ3v) is 1.76. The Morgan fingerprint density at radius 2 is 2.25 bits per heavy atom. The summed E-state index contributed by atoms with van der Waals surface area (Å²) in [6.07, 6.45) is 0.273. The zero-order chi connectivity index (χ0) is 7.97. The van der Waals surface area contributed by atoms with Gasteiger partial charge < -0.3 is 13.9 Å². The quantitative estimate of drug-likeness (QED) is 0.591. The predicted octanol–water partition coefficient (Wildman–Crippen LogP) is 1.56. The maximum Gasteiger partial charge on any atom is 0.397 e. The molecule has 0 radical (unpaired) electrons. The molecule has 1 aromatic heterocycles. The third-order valence-electron chi connectivity index (χ3n) is 1.76. The van der Waals surface area contributed by atoms with Crippen molar-refractivity contribution in [2.75, 3.05) is 6.79 Å². The van der Waals surface area contributed by atoms with Gasteiger partial charge in [0.05, 0.1) is 0 Å². The molecule has 0 fully saturated rings. The second-order valence-corrected chi connectivity index (χ2v) is 2.49. The van der Waals surface area contributed by atoms with E-state index in [9.17, 15) is 0 Å². The summed E-state index contributed by atoms with van der Waals surface area (Å²) in [6, 6.07) is 5.52. The van der Waals surface area contributed by atoms with E-state index in [-0.39, 0.29) is 12.9 Å². The van der Waals surface area contributed by atoms with Gasteiger partial charge in [-0.05, 0) is 12.1 Å². The minimum Gasteiger partial charge on any atom is -0.455 e. The Kier molecular flexibility index (Phi) is 0.935. The van der Waals surface area contributed by atoms with Crippen molar-refractivity contribution in [3.05, 3.63) is 18.2 Å². The van der Waals surface area contributed by atoms with Gasteiger partial charge in [-0.25, -0.2) is 0 Å². The first kappa shape index (κ1) is 5.88. The van der Waals surface area contributed by atoms with Gasteiger partial charge in [0.2, 0.25) is 6.79 Å². The van der Waals surface area contributed by atoms with Gasteiger partial charge in [0.25, 0.3) is 0 Å². The second-order valence-electron chi connectivity index (χ2n) is 2.49. The Labute approximate surface area is 67.7 Å². The first-order valence-corrected chi connectivity index (χ1v) is 3.59. The van der Waals surface area contributed by atoms with Crippen LogP contribution in [0.15, 0.2) is 22.6 Å². The molecule has 1 aliphatic rings. The minimum absolute atomic E-state index is 0.162. The molecule has 2 aromatic rings. The summed E-state index contributed by atoms with van der Waals surface area (Å²) in [7, 11) is 0. The lowest BCUT2D eigenvalue weighted by Crippen LogP contribution is -2.04. The molecular formula is C8H5NO3. The summed E-state index contributed by atoms with van der Waals surface area (Å²) >= 11 is 0. The number of rotatable bonds is 0. The number of fused-ring (bicyclic) bond motifs is 1. The van der Waals surface area contributed by atoms with E-state index in [1.807, 2.05) is 18.2 Å². The molecule has 0 amide bonds. The molecule has 3 rings (SSSR count). The van der Waals surface area contributed by atoms with Crippen LogP contribution in [0, 0.1) is 0 Å². The molecule has 4 nitrogen and oxygen atoms in total. The topological polar surface area (TPSA) is 44.5 Å². The highest BCUT2D eigenvalue weighted by Crippen LogP contribution is 2.30. The molecule has 12 heavy (non-hydrogen) atoms. The van der Waals surface area contributed by atoms with Crippen molar-refractivity contribution in [2.45, 2.75) is 0 Å². The number of aromatic nitrogens is 1. The van der Waals surface area contributed by atoms with Crippen LogP contribution in [0.3, 0.4) is 0 Å². The van der Waals surface area contributed by atoms with Crippen LogP contribution in [0.5, 0.6) is 11.8 Å². The van der Waals surface area contributed by atoms with Gasteiger partial charge in [-0.15, -0.1) is 0 Å². The number of oxazole rings is 1. The average molecular weight is 163 g/mol. The Morgan fingerprint density at radius 3 is 3.25 bits per heavy atom. The van der Waals surface area contributed by atoms with Gasteiger partial charge >= 0.3 is 6.08 Å². The van der Waals surface area contributed by atoms with Crippen molar-refractivity contribution in [2.24, 2.45) is 0 Å². The number of ether oxygens (including phenoxy) is 2. The summed E-state index contributed by atoms with van der Waals surface area (Å²) in [5.41, 5.74) is 1.42. The second kappa shape index (κ2) is 1.91. The molecule has 0 atom stereocenters. The van der Waals surface area contributed by atoms with E-state index in [2.05, 4.69) is 4.98 Å². The zero-order valence-electron chi connectivity index (χ0n) is 6.11. The first-order chi connectivity index (χ1) is 5.93. The first-order valence-electron chi connectivity index (χ1n) is 3.59. The van der Waals surface area contributed by atoms with Crippen molar-refractivity contribution in [1.82, 2.24) is 4.98 Å². The highest BCUT2D eigenvalue weighted by molar-refractivity contribution is 5.80. The van der Waals surface area contributed by atoms with Gasteiger partial charge in [-0.1, -0.05) is 6.07 Å². The molecule has 2 bridgehead atoms. The third kappa shape index (κ3) is 0.637. The SMILES string of the molecule is c1cc2c3nc(oc3c1)OCO2. The fourth-order valence-corrected chi connectivity index (χ4v) is 1.22. The zero-order valence-corrected chi connectivity index (χ0v) is 6.11. The molecule has 0 saturated heterocycles. The maximum absolute atomic E-state index is 5.24. The van der Waals surface area contributed by atoms with Crippen LogP contribution in [-0.4, -0.2) is 11.8 Å². The molecular weight excluding hydrogens is 158 g/mol. The normalized spacial score (nSPS) is 14.0. The Morgan fingerprint density at radius 1 is 1.25 bits per heavy atom. The van der Waals surface area contributed by atoms with Gasteiger partial charge in [0.15, 0.2) is 16.8 Å². The van der Waals surface area contributed by atoms with Crippen LogP contribution in [0.1, 0.15) is 0 Å². The fraction of sp³-hybridized carbons (Fsp3) is 0.125. The van der Waals surface area contributed by atoms with Crippen LogP contribution >= 0.6 is 0 Å². The Bertz CT molecular complexity index is 435. The van der Waals surface area contributed by atoms with Crippen molar-refractivity contribution in [3.63, 3.8) is 0 Å². The molecule has 2 heterocycles. The monoisotopic (exact) mass is 163 g/mol. The van der Waals surface area contributed by atoms with E-state index in [1.54, 1.807) is 0 Å². The van der Waals surface area contributed by atoms with Crippen LogP contribution in [0.25, 0.3) is 11.1 Å². The van der Waals surface area contributed by atoms with Gasteiger partial charge in [0.1, 0.15) is 0 Å². The van der Waals surface area contributed by atoms with E-state index in [1.165, 1.54) is 0 Å². The summed E-state index contributed by atoms with van der Waals surface area (Å²) in [4.78, 5) is 4.08. The van der Waals surface area contributed by atoms with Crippen LogP contribution in [0.2, 0.25) is 0 Å². The summed E-state index contributed by atoms with van der Waals surface area (Å²) < 4.78 is 15.5. The Balaban J connectivity index is 2.47. The molecule has 0 N–H and O–H groups in total. The average Bonchev–Trinajstić information content (AvgIpc) is 2.37. The van der Waals surface area contributed by atoms with Crippen molar-refractivity contribution < 1.29 is 13.9 Å². The summed E-state index contributed by atoms with van der Waals surface area (Å²) in [6.45, 7) is 0.162. The van der Waals surface area contributed by atoms with Crippen molar-refractivity contribution >= 4 is 11.1 Å². The molecule has 1 aliphatic heterocycles. The van der Waals surface area contributed by atoms with E-state index in [4.69, 9.17) is 13.9 Å². The van der Waals surface area contributed by atoms with E-state index < -0.39 is 0 Å². The highest BCUT2D eigenvalue weighted by atomic mass is 16.7. The molecule has 0 aliphatic carbocycles. The smallest absolute Gasteiger partial charge is 0.397 e. The molecule has 60 valence electrons. The van der Waals surface area contributed by atoms with Crippen molar-refractivity contribution in [3.8, 4) is 11.8 Å². The van der Waals surface area contributed by atoms with E-state index >= 15 is 0 Å². The van der Waals surface area contributed by atoms with E-state index in [0.717, 1.165) is 5.52 Å².